The van der Waals surface area contributed by atoms with Gasteiger partial charge < -0.3 is 50.2 Å². The Morgan fingerprint density at radius 2 is 1.62 bits per heavy atom. The number of aliphatic hydroxyl groups is 6. The molecule has 11 heteroatoms. The first-order valence-corrected chi connectivity index (χ1v) is 13.1. The summed E-state index contributed by atoms with van der Waals surface area (Å²) in [5.41, 5.74) is 2.71. The molecule has 0 radical (unpaired) electrons. The maximum absolute atomic E-state index is 11.7. The largest absolute Gasteiger partial charge is 0.462 e. The maximum Gasteiger partial charge on any atom is 0.226 e. The molecule has 4 rings (SSSR count). The average Bonchev–Trinajstić information content (AvgIpc) is 2.95. The van der Waals surface area contributed by atoms with Gasteiger partial charge in [-0.15, -0.1) is 0 Å². The number of benzene rings is 2. The van der Waals surface area contributed by atoms with Crippen molar-refractivity contribution in [1.29, 1.82) is 0 Å². The minimum Gasteiger partial charge on any atom is -0.462 e. The summed E-state index contributed by atoms with van der Waals surface area (Å²) in [4.78, 5) is 11.7. The van der Waals surface area contributed by atoms with Gasteiger partial charge in [-0.1, -0.05) is 36.4 Å². The lowest BCUT2D eigenvalue weighted by molar-refractivity contribution is -0.253. The highest BCUT2D eigenvalue weighted by molar-refractivity contribution is 5.79. The fourth-order valence-electron chi connectivity index (χ4n) is 5.14. The van der Waals surface area contributed by atoms with Crippen molar-refractivity contribution in [3.63, 3.8) is 0 Å². The van der Waals surface area contributed by atoms with Crippen LogP contribution in [0.5, 0.6) is 5.75 Å². The molecular weight excluding hydrogens is 510 g/mol. The van der Waals surface area contributed by atoms with Gasteiger partial charge in [-0.3, -0.25) is 4.79 Å². The van der Waals surface area contributed by atoms with E-state index in [1.165, 1.54) is 0 Å². The first-order chi connectivity index (χ1) is 18.7. The predicted molar refractivity (Wildman–Crippen MR) is 139 cm³/mol. The molecule has 2 aromatic carbocycles. The van der Waals surface area contributed by atoms with Crippen LogP contribution in [0.2, 0.25) is 0 Å². The minimum atomic E-state index is -1.51. The monoisotopic (exact) mass is 547 g/mol. The van der Waals surface area contributed by atoms with E-state index in [1.807, 2.05) is 36.4 Å². The summed E-state index contributed by atoms with van der Waals surface area (Å²) in [7, 11) is 1.60. The van der Waals surface area contributed by atoms with Gasteiger partial charge in [0.25, 0.3) is 0 Å². The molecule has 0 aromatic heterocycles. The highest BCUT2D eigenvalue weighted by atomic mass is 16.7. The topological polar surface area (TPSA) is 178 Å². The van der Waals surface area contributed by atoms with Gasteiger partial charge in [0, 0.05) is 7.05 Å². The van der Waals surface area contributed by atoms with Gasteiger partial charge in [0.05, 0.1) is 31.8 Å². The molecular formula is C28H37NO10. The van der Waals surface area contributed by atoms with Crippen molar-refractivity contribution in [3.8, 4) is 16.9 Å². The molecule has 214 valence electrons. The number of aliphatic hydroxyl groups excluding tert-OH is 6. The van der Waals surface area contributed by atoms with E-state index in [0.29, 0.717) is 5.75 Å². The van der Waals surface area contributed by atoms with E-state index in [9.17, 15) is 35.4 Å². The number of nitrogens with one attached hydrogen (secondary N) is 1. The normalized spacial score (nSPS) is 32.9. The van der Waals surface area contributed by atoms with E-state index in [0.717, 1.165) is 16.7 Å². The Bertz CT molecular complexity index is 1080. The van der Waals surface area contributed by atoms with Crippen LogP contribution in [-0.4, -0.2) is 106 Å². The number of carbonyl (C=O) groups excluding carboxylic acids is 1. The Labute approximate surface area is 226 Å². The highest BCUT2D eigenvalue weighted by Gasteiger charge is 2.47. The highest BCUT2D eigenvalue weighted by Crippen LogP contribution is 2.34. The lowest BCUT2D eigenvalue weighted by atomic mass is 9.83. The van der Waals surface area contributed by atoms with E-state index in [4.69, 9.17) is 14.2 Å². The zero-order chi connectivity index (χ0) is 28.1. The summed E-state index contributed by atoms with van der Waals surface area (Å²) in [6, 6.07) is 14.8. The quantitative estimate of drug-likeness (QED) is 0.213. The lowest BCUT2D eigenvalue weighted by Crippen LogP contribution is -2.59. The molecule has 2 saturated heterocycles. The Kier molecular flexibility index (Phi) is 9.91. The number of ether oxygens (including phenoxy) is 3. The molecule has 2 aliphatic rings. The zero-order valence-corrected chi connectivity index (χ0v) is 21.7. The molecule has 2 aromatic rings. The molecule has 7 N–H and O–H groups in total. The molecule has 2 aliphatic heterocycles. The Balaban J connectivity index is 1.43. The average molecular weight is 548 g/mol. The van der Waals surface area contributed by atoms with Gasteiger partial charge in [0.1, 0.15) is 36.3 Å². The molecule has 2 heterocycles. The molecule has 0 saturated carbocycles. The van der Waals surface area contributed by atoms with Crippen LogP contribution in [0.25, 0.3) is 11.1 Å². The lowest BCUT2D eigenvalue weighted by Gasteiger charge is -2.44. The summed E-state index contributed by atoms with van der Waals surface area (Å²) in [5, 5.41) is 63.5. The predicted octanol–water partition coefficient (Wildman–Crippen LogP) is -0.662. The van der Waals surface area contributed by atoms with Crippen molar-refractivity contribution in [1.82, 2.24) is 5.32 Å². The molecule has 0 spiro atoms. The van der Waals surface area contributed by atoms with Gasteiger partial charge in [-0.2, -0.15) is 0 Å². The van der Waals surface area contributed by atoms with Crippen LogP contribution in [0.4, 0.5) is 0 Å². The zero-order valence-electron chi connectivity index (χ0n) is 21.7. The van der Waals surface area contributed by atoms with Crippen molar-refractivity contribution in [2.24, 2.45) is 5.92 Å². The van der Waals surface area contributed by atoms with Crippen molar-refractivity contribution < 1.29 is 49.6 Å². The number of hydrogen-bond acceptors (Lipinski definition) is 10. The second-order valence-corrected chi connectivity index (χ2v) is 10.1. The van der Waals surface area contributed by atoms with Crippen molar-refractivity contribution >= 4 is 5.91 Å². The molecule has 6 unspecified atom stereocenters. The summed E-state index contributed by atoms with van der Waals surface area (Å²) in [6.45, 7) is -0.861. The van der Waals surface area contributed by atoms with Crippen molar-refractivity contribution in [2.45, 2.75) is 68.3 Å². The minimum absolute atomic E-state index is 0.0760. The van der Waals surface area contributed by atoms with E-state index in [-0.39, 0.29) is 31.8 Å². The molecule has 2 fully saturated rings. The third-order valence-corrected chi connectivity index (χ3v) is 7.39. The van der Waals surface area contributed by atoms with Crippen LogP contribution in [-0.2, 0) is 20.7 Å². The first kappa shape index (κ1) is 29.4. The molecule has 39 heavy (non-hydrogen) atoms. The molecule has 11 nitrogen and oxygen atoms in total. The fourth-order valence-corrected chi connectivity index (χ4v) is 5.14. The van der Waals surface area contributed by atoms with Crippen molar-refractivity contribution in [2.75, 3.05) is 20.3 Å². The van der Waals surface area contributed by atoms with Crippen molar-refractivity contribution in [3.05, 3.63) is 54.1 Å². The third-order valence-electron chi connectivity index (χ3n) is 7.39. The SMILES string of the molecule is CNC(=O)Cc1cccc(-c2ccc(O[C@H]3OC(CO)CC(C[C@H]4OC(CO)[C@@H](O)C(O)C4O)C3O)cc2)c1. The molecule has 0 aliphatic carbocycles. The van der Waals surface area contributed by atoms with Gasteiger partial charge in [0.2, 0.25) is 12.2 Å². The summed E-state index contributed by atoms with van der Waals surface area (Å²) in [6.07, 6.45) is -8.73. The van der Waals surface area contributed by atoms with Crippen LogP contribution < -0.4 is 10.1 Å². The van der Waals surface area contributed by atoms with E-state index >= 15 is 0 Å². The van der Waals surface area contributed by atoms with Crippen LogP contribution in [0.1, 0.15) is 18.4 Å². The van der Waals surface area contributed by atoms with Gasteiger partial charge >= 0.3 is 0 Å². The fraction of sp³-hybridized carbons (Fsp3) is 0.536. The Hall–Kier alpha value is -2.61. The molecule has 1 amide bonds. The van der Waals surface area contributed by atoms with Gasteiger partial charge in [-0.05, 0) is 47.6 Å². The number of hydrogen-bond donors (Lipinski definition) is 7. The molecule has 9 atom stereocenters. The van der Waals surface area contributed by atoms with Gasteiger partial charge in [0.15, 0.2) is 0 Å². The smallest absolute Gasteiger partial charge is 0.226 e. The van der Waals surface area contributed by atoms with Crippen LogP contribution in [0.3, 0.4) is 0 Å². The van der Waals surface area contributed by atoms with Gasteiger partial charge in [-0.25, -0.2) is 0 Å². The summed E-state index contributed by atoms with van der Waals surface area (Å²) in [5.74, 6) is -0.188. The van der Waals surface area contributed by atoms with E-state index < -0.39 is 61.5 Å². The standard InChI is InChI=1S/C28H37NO10/c1-29-23(32)10-15-3-2-4-17(9-15)16-5-7-19(8-6-16)37-28-24(33)18(11-20(13-30)38-28)12-21-25(34)27(36)26(35)22(14-31)39-21/h2-9,18,20-22,24-28,30-31,33-36H,10-14H2,1H3,(H,29,32)/t18?,20?,21-,22?,24?,25?,26-,27?,28+/m1/s1. The Morgan fingerprint density at radius 1 is 0.897 bits per heavy atom. The second-order valence-electron chi connectivity index (χ2n) is 10.1. The van der Waals surface area contributed by atoms with Crippen LogP contribution in [0, 0.1) is 5.92 Å². The third kappa shape index (κ3) is 6.94. The summed E-state index contributed by atoms with van der Waals surface area (Å²) >= 11 is 0. The number of amides is 1. The molecule has 0 bridgehead atoms. The Morgan fingerprint density at radius 3 is 2.28 bits per heavy atom. The second kappa shape index (κ2) is 13.2. The van der Waals surface area contributed by atoms with E-state index in [2.05, 4.69) is 5.32 Å². The number of carbonyl (C=O) groups is 1. The van der Waals surface area contributed by atoms with Crippen LogP contribution >= 0.6 is 0 Å². The first-order valence-electron chi connectivity index (χ1n) is 13.1. The van der Waals surface area contributed by atoms with Crippen LogP contribution in [0.15, 0.2) is 48.5 Å². The number of likely N-dealkylation sites (N-methyl/N-ethyl adjacent to an activating group) is 1. The maximum atomic E-state index is 11.7. The number of rotatable bonds is 9. The van der Waals surface area contributed by atoms with E-state index in [1.54, 1.807) is 19.2 Å². The summed E-state index contributed by atoms with van der Waals surface area (Å²) < 4.78 is 17.3.